The summed E-state index contributed by atoms with van der Waals surface area (Å²) in [5, 5.41) is 0.446. The van der Waals surface area contributed by atoms with Gasteiger partial charge in [0, 0.05) is 32.2 Å². The van der Waals surface area contributed by atoms with Gasteiger partial charge in [0.1, 0.15) is 6.61 Å². The number of rotatable bonds is 6. The van der Waals surface area contributed by atoms with Crippen molar-refractivity contribution in [3.05, 3.63) is 64.3 Å². The Hall–Kier alpha value is -2.92. The lowest BCUT2D eigenvalue weighted by atomic mass is 10.2. The Morgan fingerprint density at radius 1 is 0.882 bits per heavy atom. The molecule has 34 heavy (non-hydrogen) atoms. The van der Waals surface area contributed by atoms with E-state index in [9.17, 15) is 13.2 Å². The van der Waals surface area contributed by atoms with Crippen LogP contribution in [0.15, 0.2) is 62.6 Å². The minimum Gasteiger partial charge on any atom is -0.485 e. The van der Waals surface area contributed by atoms with Gasteiger partial charge < -0.3 is 23.5 Å². The molecule has 2 aromatic carbocycles. The fourth-order valence-electron chi connectivity index (χ4n) is 4.05. The Bertz CT molecular complexity index is 1310. The molecular formula is C24H26N2O7S. The summed E-state index contributed by atoms with van der Waals surface area (Å²) >= 11 is 0. The average Bonchev–Trinajstić information content (AvgIpc) is 2.89. The Labute approximate surface area is 197 Å². The maximum atomic E-state index is 12.8. The number of fused-ring (bicyclic) bond motifs is 1. The fourth-order valence-corrected chi connectivity index (χ4v) is 5.46. The first-order chi connectivity index (χ1) is 16.5. The molecule has 180 valence electrons. The lowest BCUT2D eigenvalue weighted by Gasteiger charge is -2.27. The van der Waals surface area contributed by atoms with Crippen LogP contribution >= 0.6 is 0 Å². The zero-order valence-electron chi connectivity index (χ0n) is 18.6. The summed E-state index contributed by atoms with van der Waals surface area (Å²) in [5.74, 6) is 0.948. The van der Waals surface area contributed by atoms with Crippen LogP contribution in [0.2, 0.25) is 0 Å². The molecule has 10 heteroatoms. The molecule has 0 aliphatic carbocycles. The smallest absolute Gasteiger partial charge is 0.243 e. The van der Waals surface area contributed by atoms with Gasteiger partial charge in [0.05, 0.1) is 36.7 Å². The molecule has 5 rings (SSSR count). The predicted octanol–water partition coefficient (Wildman–Crippen LogP) is 2.23. The van der Waals surface area contributed by atoms with E-state index in [1.54, 1.807) is 42.5 Å². The molecule has 0 radical (unpaired) electrons. The molecule has 0 amide bonds. The van der Waals surface area contributed by atoms with Crippen molar-refractivity contribution in [1.82, 2.24) is 4.31 Å². The number of hydrogen-bond donors (Lipinski definition) is 0. The van der Waals surface area contributed by atoms with E-state index < -0.39 is 10.0 Å². The summed E-state index contributed by atoms with van der Waals surface area (Å²) in [6.07, 6.45) is 0. The summed E-state index contributed by atoms with van der Waals surface area (Å²) in [4.78, 5) is 14.9. The van der Waals surface area contributed by atoms with E-state index in [1.807, 2.05) is 4.90 Å². The number of ether oxygens (including phenoxy) is 3. The normalized spacial score (nSPS) is 17.7. The van der Waals surface area contributed by atoms with Gasteiger partial charge in [0.25, 0.3) is 0 Å². The highest BCUT2D eigenvalue weighted by atomic mass is 32.2. The van der Waals surface area contributed by atoms with Gasteiger partial charge in [-0.2, -0.15) is 4.31 Å². The quantitative estimate of drug-likeness (QED) is 0.523. The van der Waals surface area contributed by atoms with E-state index in [1.165, 1.54) is 10.4 Å². The minimum absolute atomic E-state index is 0.133. The van der Waals surface area contributed by atoms with Crippen molar-refractivity contribution >= 4 is 26.9 Å². The highest BCUT2D eigenvalue weighted by Crippen LogP contribution is 2.29. The Kier molecular flexibility index (Phi) is 6.55. The minimum atomic E-state index is -3.55. The third-order valence-corrected chi connectivity index (χ3v) is 7.87. The van der Waals surface area contributed by atoms with Gasteiger partial charge in [0.2, 0.25) is 10.0 Å². The SMILES string of the molecule is O=c1cc(N2CCOCC2)oc2c(OCc3ccc(S(=O)(=O)N4CCOCC4)cc3)cccc12. The summed E-state index contributed by atoms with van der Waals surface area (Å²) in [5.41, 5.74) is 1.05. The molecule has 2 fully saturated rings. The Balaban J connectivity index is 1.34. The fraction of sp³-hybridized carbons (Fsp3) is 0.375. The van der Waals surface area contributed by atoms with Crippen molar-refractivity contribution < 1.29 is 27.0 Å². The zero-order valence-corrected chi connectivity index (χ0v) is 19.5. The van der Waals surface area contributed by atoms with Gasteiger partial charge in [-0.15, -0.1) is 0 Å². The highest BCUT2D eigenvalue weighted by molar-refractivity contribution is 7.89. The largest absolute Gasteiger partial charge is 0.485 e. The van der Waals surface area contributed by atoms with Gasteiger partial charge in [-0.1, -0.05) is 18.2 Å². The first kappa shape index (κ1) is 22.9. The molecule has 0 atom stereocenters. The topological polar surface area (TPSA) is 98.5 Å². The van der Waals surface area contributed by atoms with Crippen LogP contribution in [0.5, 0.6) is 5.75 Å². The maximum absolute atomic E-state index is 12.8. The summed E-state index contributed by atoms with van der Waals surface area (Å²) in [7, 11) is -3.55. The van der Waals surface area contributed by atoms with E-state index in [0.29, 0.717) is 75.2 Å². The van der Waals surface area contributed by atoms with E-state index in [0.717, 1.165) is 5.56 Å². The number of nitrogens with zero attached hydrogens (tertiary/aromatic N) is 2. The molecule has 1 aromatic heterocycles. The number of benzene rings is 2. The van der Waals surface area contributed by atoms with Crippen LogP contribution in [0.3, 0.4) is 0 Å². The van der Waals surface area contributed by atoms with Gasteiger partial charge in [-0.05, 0) is 29.8 Å². The van der Waals surface area contributed by atoms with Crippen LogP contribution in [-0.4, -0.2) is 65.3 Å². The molecule has 0 N–H and O–H groups in total. The highest BCUT2D eigenvalue weighted by Gasteiger charge is 2.26. The third kappa shape index (κ3) is 4.67. The average molecular weight is 487 g/mol. The van der Waals surface area contributed by atoms with Crippen molar-refractivity contribution in [2.45, 2.75) is 11.5 Å². The zero-order chi connectivity index (χ0) is 23.5. The second-order valence-corrected chi connectivity index (χ2v) is 10.1. The standard InChI is InChI=1S/C24H26N2O7S/c27-21-16-23(25-8-12-30-13-9-25)33-24-20(21)2-1-3-22(24)32-17-18-4-6-19(7-5-18)34(28,29)26-10-14-31-15-11-26/h1-7,16H,8-15,17H2. The van der Waals surface area contributed by atoms with Crippen molar-refractivity contribution in [3.63, 3.8) is 0 Å². The van der Waals surface area contributed by atoms with Crippen LogP contribution in [-0.2, 0) is 26.1 Å². The van der Waals surface area contributed by atoms with Crippen molar-refractivity contribution in [2.24, 2.45) is 0 Å². The summed E-state index contributed by atoms with van der Waals surface area (Å²) in [6, 6.07) is 13.4. The van der Waals surface area contributed by atoms with E-state index >= 15 is 0 Å². The Morgan fingerprint density at radius 2 is 1.56 bits per heavy atom. The maximum Gasteiger partial charge on any atom is 0.243 e. The first-order valence-electron chi connectivity index (χ1n) is 11.2. The number of sulfonamides is 1. The number of anilines is 1. The molecular weight excluding hydrogens is 460 g/mol. The monoisotopic (exact) mass is 486 g/mol. The molecule has 0 saturated carbocycles. The van der Waals surface area contributed by atoms with Gasteiger partial charge >= 0.3 is 0 Å². The number of hydrogen-bond acceptors (Lipinski definition) is 8. The molecule has 9 nitrogen and oxygen atoms in total. The van der Waals surface area contributed by atoms with Crippen molar-refractivity contribution in [1.29, 1.82) is 0 Å². The van der Waals surface area contributed by atoms with Crippen LogP contribution in [0.1, 0.15) is 5.56 Å². The van der Waals surface area contributed by atoms with Crippen LogP contribution in [0.25, 0.3) is 11.0 Å². The Morgan fingerprint density at radius 3 is 2.26 bits per heavy atom. The molecule has 0 unspecified atom stereocenters. The van der Waals surface area contributed by atoms with E-state index in [-0.39, 0.29) is 16.9 Å². The number of morpholine rings is 2. The van der Waals surface area contributed by atoms with E-state index in [4.69, 9.17) is 18.6 Å². The molecule has 2 saturated heterocycles. The van der Waals surface area contributed by atoms with Gasteiger partial charge in [0.15, 0.2) is 22.6 Å². The molecule has 3 heterocycles. The molecule has 0 bridgehead atoms. The second kappa shape index (κ2) is 9.75. The number of para-hydroxylation sites is 1. The first-order valence-corrected chi connectivity index (χ1v) is 12.7. The van der Waals surface area contributed by atoms with Crippen molar-refractivity contribution in [3.8, 4) is 5.75 Å². The van der Waals surface area contributed by atoms with Crippen LogP contribution in [0.4, 0.5) is 5.88 Å². The molecule has 0 spiro atoms. The van der Waals surface area contributed by atoms with Gasteiger partial charge in [-0.25, -0.2) is 8.42 Å². The van der Waals surface area contributed by atoms with Gasteiger partial charge in [-0.3, -0.25) is 4.79 Å². The third-order valence-electron chi connectivity index (χ3n) is 5.95. The molecule has 2 aliphatic rings. The lowest BCUT2D eigenvalue weighted by Crippen LogP contribution is -2.40. The van der Waals surface area contributed by atoms with Crippen molar-refractivity contribution in [2.75, 3.05) is 57.5 Å². The van der Waals surface area contributed by atoms with Crippen LogP contribution < -0.4 is 15.1 Å². The second-order valence-electron chi connectivity index (χ2n) is 8.13. The predicted molar refractivity (Wildman–Crippen MR) is 126 cm³/mol. The summed E-state index contributed by atoms with van der Waals surface area (Å²) in [6.45, 7) is 4.17. The lowest BCUT2D eigenvalue weighted by molar-refractivity contribution is 0.0730. The molecule has 2 aliphatic heterocycles. The summed E-state index contributed by atoms with van der Waals surface area (Å²) < 4.78 is 49.7. The van der Waals surface area contributed by atoms with Crippen LogP contribution in [0, 0.1) is 0 Å². The van der Waals surface area contributed by atoms with E-state index in [2.05, 4.69) is 0 Å². The molecule has 3 aromatic rings.